The third kappa shape index (κ3) is 4.70. The van der Waals surface area contributed by atoms with E-state index in [1.165, 1.54) is 0 Å². The number of rotatable bonds is 2. The highest BCUT2D eigenvalue weighted by atomic mass is 16.6. The third-order valence-electron chi connectivity index (χ3n) is 4.47. The van der Waals surface area contributed by atoms with E-state index in [-0.39, 0.29) is 12.0 Å². The van der Waals surface area contributed by atoms with Gasteiger partial charge in [-0.25, -0.2) is 4.79 Å². The molecule has 0 spiro atoms. The van der Waals surface area contributed by atoms with Crippen LogP contribution in [0.5, 0.6) is 0 Å². The summed E-state index contributed by atoms with van der Waals surface area (Å²) in [4.78, 5) is 24.8. The number of aldehydes is 1. The molecule has 5 nitrogen and oxygen atoms in total. The highest BCUT2D eigenvalue weighted by molar-refractivity contribution is 5.68. The molecule has 0 aromatic heterocycles. The summed E-state index contributed by atoms with van der Waals surface area (Å²) in [6.07, 6.45) is 3.89. The normalized spacial score (nSPS) is 28.2. The van der Waals surface area contributed by atoms with Crippen molar-refractivity contribution in [2.75, 3.05) is 26.2 Å². The predicted molar refractivity (Wildman–Crippen MR) is 81.1 cm³/mol. The van der Waals surface area contributed by atoms with Crippen LogP contribution < -0.4 is 5.32 Å². The fraction of sp³-hybridized carbons (Fsp3) is 0.875. The zero-order valence-corrected chi connectivity index (χ0v) is 13.4. The van der Waals surface area contributed by atoms with Crippen molar-refractivity contribution < 1.29 is 14.3 Å². The third-order valence-corrected chi connectivity index (χ3v) is 4.47. The highest BCUT2D eigenvalue weighted by Crippen LogP contribution is 2.31. The maximum Gasteiger partial charge on any atom is 0.410 e. The molecule has 0 bridgehead atoms. The van der Waals surface area contributed by atoms with Gasteiger partial charge < -0.3 is 19.7 Å². The molecule has 1 N–H and O–H groups in total. The predicted octanol–water partition coefficient (Wildman–Crippen LogP) is 2.06. The van der Waals surface area contributed by atoms with Gasteiger partial charge in [-0.15, -0.1) is 0 Å². The number of likely N-dealkylation sites (tertiary alicyclic amines) is 1. The maximum atomic E-state index is 12.0. The lowest BCUT2D eigenvalue weighted by Gasteiger charge is -2.39. The van der Waals surface area contributed by atoms with Gasteiger partial charge in [0, 0.05) is 25.6 Å². The number of hydrogen-bond donors (Lipinski definition) is 1. The van der Waals surface area contributed by atoms with Gasteiger partial charge in [0.05, 0.1) is 0 Å². The minimum atomic E-state index is -0.432. The van der Waals surface area contributed by atoms with E-state index in [0.29, 0.717) is 11.8 Å². The molecule has 2 heterocycles. The van der Waals surface area contributed by atoms with Gasteiger partial charge in [0.15, 0.2) is 0 Å². The molecule has 0 aliphatic carbocycles. The first-order valence-corrected chi connectivity index (χ1v) is 8.03. The van der Waals surface area contributed by atoms with Crippen LogP contribution >= 0.6 is 0 Å². The van der Waals surface area contributed by atoms with Crippen molar-refractivity contribution in [2.45, 2.75) is 45.6 Å². The van der Waals surface area contributed by atoms with Gasteiger partial charge in [-0.2, -0.15) is 0 Å². The van der Waals surface area contributed by atoms with Crippen LogP contribution in [-0.2, 0) is 9.53 Å². The molecule has 5 heteroatoms. The molecule has 2 atom stereocenters. The smallest absolute Gasteiger partial charge is 0.410 e. The Morgan fingerprint density at radius 2 is 1.86 bits per heavy atom. The summed E-state index contributed by atoms with van der Waals surface area (Å²) in [7, 11) is 0. The standard InChI is InChI=1S/C16H28N2O3/c1-16(2,3)21-15(20)18-6-4-13(5-7-18)14-8-12(11-19)9-17-10-14/h11-14,17H,4-10H2,1-3H3. The van der Waals surface area contributed by atoms with Gasteiger partial charge in [0.2, 0.25) is 0 Å². The summed E-state index contributed by atoms with van der Waals surface area (Å²) in [5, 5.41) is 3.36. The number of carbonyl (C=O) groups is 2. The lowest BCUT2D eigenvalue weighted by atomic mass is 9.77. The molecule has 2 fully saturated rings. The van der Waals surface area contributed by atoms with Gasteiger partial charge in [-0.3, -0.25) is 0 Å². The van der Waals surface area contributed by atoms with E-state index in [1.807, 2.05) is 25.7 Å². The minimum absolute atomic E-state index is 0.160. The molecule has 2 unspecified atom stereocenters. The van der Waals surface area contributed by atoms with Crippen molar-refractivity contribution in [2.24, 2.45) is 17.8 Å². The molecule has 0 radical (unpaired) electrons. The zero-order chi connectivity index (χ0) is 15.5. The van der Waals surface area contributed by atoms with E-state index >= 15 is 0 Å². The Labute approximate surface area is 127 Å². The summed E-state index contributed by atoms with van der Waals surface area (Å²) < 4.78 is 5.42. The second-order valence-electron chi connectivity index (χ2n) is 7.36. The van der Waals surface area contributed by atoms with Crippen molar-refractivity contribution in [3.8, 4) is 0 Å². The van der Waals surface area contributed by atoms with Crippen LogP contribution in [0.4, 0.5) is 4.79 Å². The molecule has 2 rings (SSSR count). The van der Waals surface area contributed by atoms with Gasteiger partial charge in [0.25, 0.3) is 0 Å². The Hall–Kier alpha value is -1.10. The van der Waals surface area contributed by atoms with Crippen LogP contribution in [-0.4, -0.2) is 49.1 Å². The first kappa shape index (κ1) is 16.3. The topological polar surface area (TPSA) is 58.6 Å². The van der Waals surface area contributed by atoms with Crippen molar-refractivity contribution in [3.63, 3.8) is 0 Å². The summed E-state index contributed by atoms with van der Waals surface area (Å²) in [5.41, 5.74) is -0.432. The average molecular weight is 296 g/mol. The Kier molecular flexibility index (Phi) is 5.25. The van der Waals surface area contributed by atoms with E-state index in [0.717, 1.165) is 51.7 Å². The molecular formula is C16H28N2O3. The Morgan fingerprint density at radius 1 is 1.19 bits per heavy atom. The summed E-state index contributed by atoms with van der Waals surface area (Å²) in [5.74, 6) is 1.33. The van der Waals surface area contributed by atoms with Crippen LogP contribution in [0.25, 0.3) is 0 Å². The molecular weight excluding hydrogens is 268 g/mol. The molecule has 0 aromatic carbocycles. The number of piperidine rings is 2. The van der Waals surface area contributed by atoms with Crippen LogP contribution in [0.3, 0.4) is 0 Å². The molecule has 0 aromatic rings. The van der Waals surface area contributed by atoms with E-state index < -0.39 is 5.60 Å². The first-order chi connectivity index (χ1) is 9.89. The van der Waals surface area contributed by atoms with Crippen LogP contribution in [0.1, 0.15) is 40.0 Å². The van der Waals surface area contributed by atoms with Crippen LogP contribution in [0, 0.1) is 17.8 Å². The maximum absolute atomic E-state index is 12.0. The second kappa shape index (κ2) is 6.77. The largest absolute Gasteiger partial charge is 0.444 e. The summed E-state index contributed by atoms with van der Waals surface area (Å²) >= 11 is 0. The number of carbonyl (C=O) groups excluding carboxylic acids is 2. The van der Waals surface area contributed by atoms with E-state index in [2.05, 4.69) is 5.32 Å². The molecule has 21 heavy (non-hydrogen) atoms. The van der Waals surface area contributed by atoms with Crippen molar-refractivity contribution in [3.05, 3.63) is 0 Å². The quantitative estimate of drug-likeness (QED) is 0.792. The van der Waals surface area contributed by atoms with Crippen molar-refractivity contribution >= 4 is 12.4 Å². The fourth-order valence-corrected chi connectivity index (χ4v) is 3.35. The van der Waals surface area contributed by atoms with Gasteiger partial charge in [0.1, 0.15) is 11.9 Å². The first-order valence-electron chi connectivity index (χ1n) is 8.03. The summed E-state index contributed by atoms with van der Waals surface area (Å²) in [6, 6.07) is 0. The monoisotopic (exact) mass is 296 g/mol. The molecule has 0 saturated carbocycles. The molecule has 1 amide bonds. The lowest BCUT2D eigenvalue weighted by molar-refractivity contribution is -0.112. The fourth-order valence-electron chi connectivity index (χ4n) is 3.35. The van der Waals surface area contributed by atoms with Gasteiger partial charge in [-0.1, -0.05) is 0 Å². The number of ether oxygens (including phenoxy) is 1. The average Bonchev–Trinajstić information content (AvgIpc) is 2.46. The van der Waals surface area contributed by atoms with Crippen molar-refractivity contribution in [1.29, 1.82) is 0 Å². The number of hydrogen-bond acceptors (Lipinski definition) is 4. The van der Waals surface area contributed by atoms with Gasteiger partial charge >= 0.3 is 6.09 Å². The highest BCUT2D eigenvalue weighted by Gasteiger charge is 2.33. The van der Waals surface area contributed by atoms with Gasteiger partial charge in [-0.05, 0) is 58.4 Å². The Bertz CT molecular complexity index is 370. The lowest BCUT2D eigenvalue weighted by Crippen LogP contribution is -2.46. The second-order valence-corrected chi connectivity index (χ2v) is 7.36. The SMILES string of the molecule is CC(C)(C)OC(=O)N1CCC(C2CNCC(C=O)C2)CC1. The van der Waals surface area contributed by atoms with Crippen molar-refractivity contribution in [1.82, 2.24) is 10.2 Å². The van der Waals surface area contributed by atoms with E-state index in [9.17, 15) is 9.59 Å². The zero-order valence-electron chi connectivity index (χ0n) is 13.4. The minimum Gasteiger partial charge on any atom is -0.444 e. The molecule has 120 valence electrons. The van der Waals surface area contributed by atoms with E-state index in [4.69, 9.17) is 4.74 Å². The van der Waals surface area contributed by atoms with Crippen LogP contribution in [0.15, 0.2) is 0 Å². The molecule has 2 aliphatic heterocycles. The number of nitrogens with one attached hydrogen (secondary N) is 1. The van der Waals surface area contributed by atoms with E-state index in [1.54, 1.807) is 0 Å². The molecule has 2 saturated heterocycles. The van der Waals surface area contributed by atoms with Crippen LogP contribution in [0.2, 0.25) is 0 Å². The Balaban J connectivity index is 1.80. The summed E-state index contributed by atoms with van der Waals surface area (Å²) in [6.45, 7) is 9.03. The molecule has 2 aliphatic rings. The number of amides is 1. The Morgan fingerprint density at radius 3 is 2.43 bits per heavy atom. The number of nitrogens with zero attached hydrogens (tertiary/aromatic N) is 1.